The lowest BCUT2D eigenvalue weighted by Crippen LogP contribution is -2.20. The van der Waals surface area contributed by atoms with Gasteiger partial charge in [-0.05, 0) is 24.8 Å². The number of carboxylic acids is 1. The monoisotopic (exact) mass is 187 g/mol. The van der Waals surface area contributed by atoms with Gasteiger partial charge < -0.3 is 10.8 Å². The summed E-state index contributed by atoms with van der Waals surface area (Å²) >= 11 is 0. The highest BCUT2D eigenvalue weighted by Gasteiger charge is 2.14. The van der Waals surface area contributed by atoms with E-state index < -0.39 is 5.97 Å². The van der Waals surface area contributed by atoms with Gasteiger partial charge in [-0.1, -0.05) is 26.7 Å². The van der Waals surface area contributed by atoms with Crippen LogP contribution < -0.4 is 5.73 Å². The Bertz CT molecular complexity index is 148. The zero-order chi connectivity index (χ0) is 10.3. The lowest BCUT2D eigenvalue weighted by molar-refractivity contribution is -0.138. The number of carbonyl (C=O) groups is 1. The number of hydrogen-bond acceptors (Lipinski definition) is 2. The molecule has 0 aliphatic heterocycles. The quantitative estimate of drug-likeness (QED) is 0.639. The van der Waals surface area contributed by atoms with Gasteiger partial charge in [0.15, 0.2) is 0 Å². The lowest BCUT2D eigenvalue weighted by atomic mass is 9.90. The summed E-state index contributed by atoms with van der Waals surface area (Å²) in [7, 11) is 0. The van der Waals surface area contributed by atoms with Crippen LogP contribution in [0, 0.1) is 11.8 Å². The molecule has 13 heavy (non-hydrogen) atoms. The molecule has 0 amide bonds. The van der Waals surface area contributed by atoms with Crippen LogP contribution in [0.2, 0.25) is 0 Å². The average Bonchev–Trinajstić information content (AvgIpc) is 2.02. The predicted octanol–water partition coefficient (Wildman–Crippen LogP) is 1.86. The third kappa shape index (κ3) is 6.58. The Morgan fingerprint density at radius 2 is 2.15 bits per heavy atom. The maximum atomic E-state index is 10.5. The Labute approximate surface area is 80.3 Å². The fourth-order valence-electron chi connectivity index (χ4n) is 1.69. The summed E-state index contributed by atoms with van der Waals surface area (Å²) in [6.45, 7) is 4.79. The van der Waals surface area contributed by atoms with Crippen molar-refractivity contribution >= 4 is 5.97 Å². The van der Waals surface area contributed by atoms with E-state index in [1.54, 1.807) is 0 Å². The summed E-state index contributed by atoms with van der Waals surface area (Å²) in [6, 6.07) is 0. The highest BCUT2D eigenvalue weighted by molar-refractivity contribution is 5.67. The largest absolute Gasteiger partial charge is 0.481 e. The van der Waals surface area contributed by atoms with Crippen LogP contribution in [0.1, 0.15) is 39.5 Å². The van der Waals surface area contributed by atoms with Crippen molar-refractivity contribution in [3.05, 3.63) is 0 Å². The van der Waals surface area contributed by atoms with Gasteiger partial charge in [0.25, 0.3) is 0 Å². The zero-order valence-corrected chi connectivity index (χ0v) is 8.62. The molecule has 0 rings (SSSR count). The third-order valence-electron chi connectivity index (χ3n) is 2.31. The Hall–Kier alpha value is -0.570. The maximum Gasteiger partial charge on any atom is 0.303 e. The first kappa shape index (κ1) is 12.4. The standard InChI is InChI=1S/C10H21NO2/c1-3-4-8(2)5-9(7-11)6-10(12)13/h8-9H,3-7,11H2,1-2H3,(H,12,13). The molecule has 0 saturated heterocycles. The van der Waals surface area contributed by atoms with Gasteiger partial charge in [-0.25, -0.2) is 0 Å². The van der Waals surface area contributed by atoms with Crippen molar-refractivity contribution in [2.45, 2.75) is 39.5 Å². The Balaban J connectivity index is 3.75. The molecule has 0 aromatic rings. The molecule has 0 aromatic carbocycles. The van der Waals surface area contributed by atoms with Crippen LogP contribution in [-0.2, 0) is 4.79 Å². The molecule has 2 atom stereocenters. The van der Waals surface area contributed by atoms with Gasteiger partial charge >= 0.3 is 5.97 Å². The summed E-state index contributed by atoms with van der Waals surface area (Å²) in [5, 5.41) is 8.60. The van der Waals surface area contributed by atoms with Crippen molar-refractivity contribution in [3.63, 3.8) is 0 Å². The van der Waals surface area contributed by atoms with E-state index in [1.165, 1.54) is 0 Å². The Morgan fingerprint density at radius 1 is 1.54 bits per heavy atom. The van der Waals surface area contributed by atoms with Crippen LogP contribution in [0.5, 0.6) is 0 Å². The van der Waals surface area contributed by atoms with Gasteiger partial charge in [0.05, 0.1) is 0 Å². The molecular formula is C10H21NO2. The molecule has 78 valence electrons. The molecule has 0 saturated carbocycles. The SMILES string of the molecule is CCCC(C)CC(CN)CC(=O)O. The smallest absolute Gasteiger partial charge is 0.303 e. The van der Waals surface area contributed by atoms with Crippen LogP contribution in [-0.4, -0.2) is 17.6 Å². The first-order valence-electron chi connectivity index (χ1n) is 5.02. The number of carboxylic acid groups (broad SMARTS) is 1. The topological polar surface area (TPSA) is 63.3 Å². The summed E-state index contributed by atoms with van der Waals surface area (Å²) in [4.78, 5) is 10.5. The molecular weight excluding hydrogens is 166 g/mol. The van der Waals surface area contributed by atoms with Gasteiger partial charge in [0.1, 0.15) is 0 Å². The summed E-state index contributed by atoms with van der Waals surface area (Å²) in [5.41, 5.74) is 5.50. The molecule has 0 heterocycles. The van der Waals surface area contributed by atoms with Gasteiger partial charge in [0, 0.05) is 6.42 Å². The first-order valence-corrected chi connectivity index (χ1v) is 5.02. The van der Waals surface area contributed by atoms with Crippen LogP contribution in [0.15, 0.2) is 0 Å². The minimum atomic E-state index is -0.737. The highest BCUT2D eigenvalue weighted by atomic mass is 16.4. The second kappa shape index (κ2) is 6.89. The molecule has 0 aromatic heterocycles. The molecule has 0 fully saturated rings. The van der Waals surface area contributed by atoms with Crippen molar-refractivity contribution in [3.8, 4) is 0 Å². The van der Waals surface area contributed by atoms with Gasteiger partial charge in [-0.15, -0.1) is 0 Å². The summed E-state index contributed by atoms with van der Waals surface area (Å²) in [5.74, 6) is 0.0103. The van der Waals surface area contributed by atoms with E-state index in [-0.39, 0.29) is 12.3 Å². The molecule has 0 spiro atoms. The number of nitrogens with two attached hydrogens (primary N) is 1. The highest BCUT2D eigenvalue weighted by Crippen LogP contribution is 2.18. The number of hydrogen-bond donors (Lipinski definition) is 2. The molecule has 3 nitrogen and oxygen atoms in total. The van der Waals surface area contributed by atoms with Crippen LogP contribution in [0.4, 0.5) is 0 Å². The maximum absolute atomic E-state index is 10.5. The van der Waals surface area contributed by atoms with E-state index >= 15 is 0 Å². The van der Waals surface area contributed by atoms with E-state index in [0.29, 0.717) is 12.5 Å². The van der Waals surface area contributed by atoms with Crippen molar-refractivity contribution < 1.29 is 9.90 Å². The molecule has 2 unspecified atom stereocenters. The fourth-order valence-corrected chi connectivity index (χ4v) is 1.69. The van der Waals surface area contributed by atoms with E-state index in [0.717, 1.165) is 19.3 Å². The number of rotatable bonds is 7. The second-order valence-electron chi connectivity index (χ2n) is 3.83. The molecule has 0 aliphatic carbocycles. The lowest BCUT2D eigenvalue weighted by Gasteiger charge is -2.17. The first-order chi connectivity index (χ1) is 6.10. The van der Waals surface area contributed by atoms with E-state index in [4.69, 9.17) is 10.8 Å². The average molecular weight is 187 g/mol. The normalized spacial score (nSPS) is 15.3. The minimum Gasteiger partial charge on any atom is -0.481 e. The van der Waals surface area contributed by atoms with E-state index in [9.17, 15) is 4.79 Å². The summed E-state index contributed by atoms with van der Waals surface area (Å²) < 4.78 is 0. The molecule has 0 radical (unpaired) electrons. The van der Waals surface area contributed by atoms with E-state index in [1.807, 2.05) is 0 Å². The third-order valence-corrected chi connectivity index (χ3v) is 2.31. The van der Waals surface area contributed by atoms with Crippen LogP contribution in [0.3, 0.4) is 0 Å². The van der Waals surface area contributed by atoms with E-state index in [2.05, 4.69) is 13.8 Å². The molecule has 3 N–H and O–H groups in total. The van der Waals surface area contributed by atoms with Gasteiger partial charge in [-0.2, -0.15) is 0 Å². The summed E-state index contributed by atoms with van der Waals surface area (Å²) in [6.07, 6.45) is 3.48. The Kier molecular flexibility index (Phi) is 6.59. The van der Waals surface area contributed by atoms with Gasteiger partial charge in [0.2, 0.25) is 0 Å². The van der Waals surface area contributed by atoms with Gasteiger partial charge in [-0.3, -0.25) is 4.79 Å². The van der Waals surface area contributed by atoms with Crippen molar-refractivity contribution in [1.29, 1.82) is 0 Å². The van der Waals surface area contributed by atoms with Crippen molar-refractivity contribution in [2.24, 2.45) is 17.6 Å². The second-order valence-corrected chi connectivity index (χ2v) is 3.83. The minimum absolute atomic E-state index is 0.152. The van der Waals surface area contributed by atoms with Crippen molar-refractivity contribution in [1.82, 2.24) is 0 Å². The predicted molar refractivity (Wildman–Crippen MR) is 53.5 cm³/mol. The molecule has 3 heteroatoms. The zero-order valence-electron chi connectivity index (χ0n) is 8.62. The van der Waals surface area contributed by atoms with Crippen LogP contribution >= 0.6 is 0 Å². The molecule has 0 bridgehead atoms. The Morgan fingerprint density at radius 3 is 2.54 bits per heavy atom. The molecule has 0 aliphatic rings. The fraction of sp³-hybridized carbons (Fsp3) is 0.900. The number of aliphatic carboxylic acids is 1. The van der Waals surface area contributed by atoms with Crippen molar-refractivity contribution in [2.75, 3.05) is 6.54 Å². The van der Waals surface area contributed by atoms with Crippen LogP contribution in [0.25, 0.3) is 0 Å².